The Morgan fingerprint density at radius 3 is 2.65 bits per heavy atom. The van der Waals surface area contributed by atoms with Crippen LogP contribution in [-0.4, -0.2) is 11.0 Å². The summed E-state index contributed by atoms with van der Waals surface area (Å²) in [5, 5.41) is 0.641. The third-order valence-electron chi connectivity index (χ3n) is 3.15. The van der Waals surface area contributed by atoms with Crippen molar-refractivity contribution in [3.05, 3.63) is 64.9 Å². The Balaban J connectivity index is 1.85. The van der Waals surface area contributed by atoms with Crippen LogP contribution in [0, 0.1) is 12.7 Å². The molecule has 6 heteroatoms. The third kappa shape index (κ3) is 3.37. The van der Waals surface area contributed by atoms with Crippen LogP contribution in [0.15, 0.2) is 48.5 Å². The number of hydrogen-bond acceptors (Lipinski definition) is 5. The molecule has 0 atom stereocenters. The number of aryl methyl sites for hydroxylation is 1. The minimum Gasteiger partial charge on any atom is -0.422 e. The summed E-state index contributed by atoms with van der Waals surface area (Å²) in [7, 11) is 0. The van der Waals surface area contributed by atoms with Gasteiger partial charge in [0.1, 0.15) is 16.6 Å². The first-order valence-electron chi connectivity index (χ1n) is 6.84. The fraction of sp³-hybridized carbons (Fsp3) is 0.0588. The summed E-state index contributed by atoms with van der Waals surface area (Å²) < 4.78 is 18.3. The molecule has 0 saturated heterocycles. The van der Waals surface area contributed by atoms with Crippen LogP contribution < -0.4 is 10.5 Å². The molecule has 2 N–H and O–H groups in total. The summed E-state index contributed by atoms with van der Waals surface area (Å²) in [5.74, 6) is -0.494. The number of nitrogens with two attached hydrogens (primary N) is 1. The van der Waals surface area contributed by atoms with Crippen LogP contribution in [0.5, 0.6) is 5.75 Å². The van der Waals surface area contributed by atoms with E-state index >= 15 is 0 Å². The Hall–Kier alpha value is -2.73. The van der Waals surface area contributed by atoms with Gasteiger partial charge < -0.3 is 10.5 Å². The molecule has 4 nitrogen and oxygen atoms in total. The van der Waals surface area contributed by atoms with Crippen molar-refractivity contribution >= 4 is 23.0 Å². The molecular weight excluding hydrogens is 315 g/mol. The minimum absolute atomic E-state index is 0.247. The van der Waals surface area contributed by atoms with Gasteiger partial charge in [-0.15, -0.1) is 11.3 Å². The van der Waals surface area contributed by atoms with Crippen molar-refractivity contribution in [1.82, 2.24) is 4.98 Å². The second-order valence-corrected chi connectivity index (χ2v) is 6.10. The van der Waals surface area contributed by atoms with Gasteiger partial charge in [-0.1, -0.05) is 6.07 Å². The number of nitrogen functional groups attached to an aromatic ring is 1. The molecule has 3 aromatic rings. The van der Waals surface area contributed by atoms with Gasteiger partial charge in [-0.3, -0.25) is 0 Å². The average Bonchev–Trinajstić information content (AvgIpc) is 2.90. The fourth-order valence-electron chi connectivity index (χ4n) is 2.04. The second-order valence-electron chi connectivity index (χ2n) is 4.89. The van der Waals surface area contributed by atoms with Crippen LogP contribution in [-0.2, 0) is 0 Å². The second kappa shape index (κ2) is 6.18. The highest BCUT2D eigenvalue weighted by atomic mass is 32.1. The minimum atomic E-state index is -0.544. The van der Waals surface area contributed by atoms with Gasteiger partial charge in [0, 0.05) is 22.2 Å². The van der Waals surface area contributed by atoms with Crippen LogP contribution in [0.4, 0.5) is 10.1 Å². The molecule has 0 spiro atoms. The van der Waals surface area contributed by atoms with Gasteiger partial charge in [0.15, 0.2) is 5.69 Å². The van der Waals surface area contributed by atoms with E-state index in [0.29, 0.717) is 16.4 Å². The van der Waals surface area contributed by atoms with Crippen molar-refractivity contribution in [2.45, 2.75) is 6.92 Å². The number of carbonyl (C=O) groups excluding carboxylic acids is 1. The van der Waals surface area contributed by atoms with E-state index in [0.717, 1.165) is 10.4 Å². The number of nitrogens with zero attached hydrogens (tertiary/aromatic N) is 1. The van der Waals surface area contributed by atoms with Crippen LogP contribution in [0.2, 0.25) is 0 Å². The lowest BCUT2D eigenvalue weighted by Crippen LogP contribution is -2.10. The molecule has 0 saturated carbocycles. The van der Waals surface area contributed by atoms with E-state index in [-0.39, 0.29) is 11.5 Å². The van der Waals surface area contributed by atoms with E-state index in [1.54, 1.807) is 43.3 Å². The Morgan fingerprint density at radius 1 is 1.22 bits per heavy atom. The van der Waals surface area contributed by atoms with Crippen LogP contribution >= 0.6 is 11.3 Å². The van der Waals surface area contributed by atoms with E-state index in [2.05, 4.69) is 4.98 Å². The largest absolute Gasteiger partial charge is 0.422 e. The molecule has 1 heterocycles. The van der Waals surface area contributed by atoms with Gasteiger partial charge in [0.05, 0.1) is 0 Å². The number of halogens is 1. The molecule has 0 aliphatic carbocycles. The zero-order valence-corrected chi connectivity index (χ0v) is 13.1. The summed E-state index contributed by atoms with van der Waals surface area (Å²) in [6.45, 7) is 1.79. The molecule has 0 bridgehead atoms. The zero-order valence-electron chi connectivity index (χ0n) is 12.2. The lowest BCUT2D eigenvalue weighted by molar-refractivity contribution is 0.0729. The highest BCUT2D eigenvalue weighted by molar-refractivity contribution is 7.15. The first kappa shape index (κ1) is 15.2. The number of benzene rings is 2. The van der Waals surface area contributed by atoms with Gasteiger partial charge >= 0.3 is 5.97 Å². The van der Waals surface area contributed by atoms with Crippen LogP contribution in [0.1, 0.15) is 15.4 Å². The first-order valence-corrected chi connectivity index (χ1v) is 7.65. The molecule has 116 valence electrons. The third-order valence-corrected chi connectivity index (χ3v) is 4.17. The molecule has 0 aliphatic heterocycles. The molecule has 0 fully saturated rings. The quantitative estimate of drug-likeness (QED) is 0.447. The summed E-state index contributed by atoms with van der Waals surface area (Å²) in [6.07, 6.45) is 0. The maximum absolute atomic E-state index is 13.0. The SMILES string of the molecule is Cc1sc(-c2ccc(F)cc2)nc1C(=O)Oc1cccc(N)c1. The number of ether oxygens (including phenoxy) is 1. The Bertz CT molecular complexity index is 859. The summed E-state index contributed by atoms with van der Waals surface area (Å²) >= 11 is 1.36. The van der Waals surface area contributed by atoms with Crippen LogP contribution in [0.3, 0.4) is 0 Å². The standard InChI is InChI=1S/C17H13FN2O2S/c1-10-15(17(21)22-14-4-2-3-13(19)9-14)20-16(23-10)11-5-7-12(18)8-6-11/h2-9H,19H2,1H3. The lowest BCUT2D eigenvalue weighted by Gasteiger charge is -2.03. The van der Waals surface area contributed by atoms with E-state index < -0.39 is 5.97 Å². The molecular formula is C17H13FN2O2S. The molecule has 1 aromatic heterocycles. The maximum Gasteiger partial charge on any atom is 0.363 e. The molecule has 0 unspecified atom stereocenters. The fourth-order valence-corrected chi connectivity index (χ4v) is 2.94. The molecule has 23 heavy (non-hydrogen) atoms. The van der Waals surface area contributed by atoms with Gasteiger partial charge in [-0.2, -0.15) is 0 Å². The summed E-state index contributed by atoms with van der Waals surface area (Å²) in [5.41, 5.74) is 7.17. The van der Waals surface area contributed by atoms with Crippen molar-refractivity contribution in [1.29, 1.82) is 0 Å². The van der Waals surface area contributed by atoms with Gasteiger partial charge in [-0.05, 0) is 43.3 Å². The highest BCUT2D eigenvalue weighted by Gasteiger charge is 2.18. The topological polar surface area (TPSA) is 65.2 Å². The van der Waals surface area contributed by atoms with Crippen molar-refractivity contribution in [2.75, 3.05) is 5.73 Å². The first-order chi connectivity index (χ1) is 11.0. The van der Waals surface area contributed by atoms with Gasteiger partial charge in [-0.25, -0.2) is 14.2 Å². The number of aromatic nitrogens is 1. The lowest BCUT2D eigenvalue weighted by atomic mass is 10.2. The van der Waals surface area contributed by atoms with Crippen LogP contribution in [0.25, 0.3) is 10.6 Å². The number of hydrogen-bond donors (Lipinski definition) is 1. The zero-order chi connectivity index (χ0) is 16.4. The summed E-state index contributed by atoms with van der Waals surface area (Å²) in [6, 6.07) is 12.6. The Kier molecular flexibility index (Phi) is 4.08. The Labute approximate surface area is 136 Å². The normalized spacial score (nSPS) is 10.5. The van der Waals surface area contributed by atoms with Crippen molar-refractivity contribution in [2.24, 2.45) is 0 Å². The maximum atomic E-state index is 13.0. The molecule has 0 aliphatic rings. The van der Waals surface area contributed by atoms with Crippen molar-refractivity contribution in [3.8, 4) is 16.3 Å². The number of anilines is 1. The van der Waals surface area contributed by atoms with Gasteiger partial charge in [0.25, 0.3) is 0 Å². The Morgan fingerprint density at radius 2 is 1.96 bits per heavy atom. The molecule has 0 radical (unpaired) electrons. The smallest absolute Gasteiger partial charge is 0.363 e. The monoisotopic (exact) mass is 328 g/mol. The number of thiazole rings is 1. The van der Waals surface area contributed by atoms with E-state index in [1.165, 1.54) is 23.5 Å². The number of rotatable bonds is 3. The predicted octanol–water partition coefficient (Wildman–Crippen LogP) is 4.06. The summed E-state index contributed by atoms with van der Waals surface area (Å²) in [4.78, 5) is 17.3. The van der Waals surface area contributed by atoms with Gasteiger partial charge in [0.2, 0.25) is 0 Å². The molecule has 0 amide bonds. The number of carbonyl (C=O) groups is 1. The predicted molar refractivity (Wildman–Crippen MR) is 88.1 cm³/mol. The molecule has 2 aromatic carbocycles. The van der Waals surface area contributed by atoms with Crippen molar-refractivity contribution in [3.63, 3.8) is 0 Å². The van der Waals surface area contributed by atoms with E-state index in [4.69, 9.17) is 10.5 Å². The average molecular weight is 328 g/mol. The van der Waals surface area contributed by atoms with E-state index in [9.17, 15) is 9.18 Å². The molecule has 3 rings (SSSR count). The van der Waals surface area contributed by atoms with Crippen molar-refractivity contribution < 1.29 is 13.9 Å². The highest BCUT2D eigenvalue weighted by Crippen LogP contribution is 2.28. The number of esters is 1. The van der Waals surface area contributed by atoms with E-state index in [1.807, 2.05) is 0 Å².